The molecule has 0 radical (unpaired) electrons. The largest absolute Gasteiger partial charge is 0.395 e. The van der Waals surface area contributed by atoms with Gasteiger partial charge in [-0.1, -0.05) is 13.8 Å². The lowest BCUT2D eigenvalue weighted by atomic mass is 10.2. The Morgan fingerprint density at radius 3 is 2.64 bits per heavy atom. The number of hydrogen-bond donors (Lipinski definition) is 1. The molecule has 84 valence electrons. The first kappa shape index (κ1) is 12.0. The average molecular weight is 200 g/mol. The number of aliphatic hydroxyl groups is 1. The van der Waals surface area contributed by atoms with Gasteiger partial charge >= 0.3 is 0 Å². The average Bonchev–Trinajstić information content (AvgIpc) is 2.67. The highest BCUT2D eigenvalue weighted by Gasteiger charge is 2.23. The van der Waals surface area contributed by atoms with Crippen LogP contribution in [0.15, 0.2) is 0 Å². The van der Waals surface area contributed by atoms with Crippen LogP contribution in [-0.4, -0.2) is 60.3 Å². The summed E-state index contributed by atoms with van der Waals surface area (Å²) >= 11 is 0. The molecule has 3 heteroatoms. The lowest BCUT2D eigenvalue weighted by molar-refractivity contribution is 0.143. The maximum absolute atomic E-state index is 9.16. The van der Waals surface area contributed by atoms with Crippen LogP contribution in [0, 0.1) is 0 Å². The molecule has 0 aromatic heterocycles. The predicted octanol–water partition coefficient (Wildman–Crippen LogP) is 0.785. The maximum Gasteiger partial charge on any atom is 0.0586 e. The highest BCUT2D eigenvalue weighted by Crippen LogP contribution is 2.15. The van der Waals surface area contributed by atoms with Crippen LogP contribution >= 0.6 is 0 Å². The second kappa shape index (κ2) is 6.38. The molecule has 0 unspecified atom stereocenters. The zero-order valence-corrected chi connectivity index (χ0v) is 9.58. The van der Waals surface area contributed by atoms with Gasteiger partial charge in [0.1, 0.15) is 0 Å². The first-order valence-electron chi connectivity index (χ1n) is 5.89. The number of likely N-dealkylation sites (N-methyl/N-ethyl adjacent to an activating group) is 1. The van der Waals surface area contributed by atoms with E-state index in [0.29, 0.717) is 12.6 Å². The zero-order chi connectivity index (χ0) is 10.4. The second-order valence-electron chi connectivity index (χ2n) is 4.04. The van der Waals surface area contributed by atoms with Crippen molar-refractivity contribution in [2.45, 2.75) is 32.7 Å². The Balaban J connectivity index is 2.22. The van der Waals surface area contributed by atoms with Gasteiger partial charge in [-0.3, -0.25) is 4.90 Å². The van der Waals surface area contributed by atoms with Crippen LogP contribution in [0.25, 0.3) is 0 Å². The van der Waals surface area contributed by atoms with Crippen LogP contribution < -0.4 is 0 Å². The summed E-state index contributed by atoms with van der Waals surface area (Å²) in [6.07, 6.45) is 2.43. The van der Waals surface area contributed by atoms with Crippen LogP contribution in [0.1, 0.15) is 26.7 Å². The summed E-state index contributed by atoms with van der Waals surface area (Å²) in [6, 6.07) is 0.436. The van der Waals surface area contributed by atoms with E-state index in [2.05, 4.69) is 23.6 Å². The summed E-state index contributed by atoms with van der Waals surface area (Å²) in [5.74, 6) is 0. The first-order chi connectivity index (χ1) is 6.81. The standard InChI is InChI=1S/C11H24N2O/c1-3-12(4-2)8-9-13-7-5-6-11(13)10-14/h11,14H,3-10H2,1-2H3/t11-/m1/s1. The highest BCUT2D eigenvalue weighted by atomic mass is 16.3. The van der Waals surface area contributed by atoms with E-state index in [-0.39, 0.29) is 0 Å². The van der Waals surface area contributed by atoms with Gasteiger partial charge in [0, 0.05) is 19.1 Å². The zero-order valence-electron chi connectivity index (χ0n) is 9.58. The van der Waals surface area contributed by atoms with Gasteiger partial charge in [-0.15, -0.1) is 0 Å². The monoisotopic (exact) mass is 200 g/mol. The summed E-state index contributed by atoms with van der Waals surface area (Å²) in [7, 11) is 0. The van der Waals surface area contributed by atoms with E-state index in [1.165, 1.54) is 19.4 Å². The normalized spacial score (nSPS) is 23.6. The lowest BCUT2D eigenvalue weighted by Gasteiger charge is -2.26. The third kappa shape index (κ3) is 3.23. The van der Waals surface area contributed by atoms with Crippen molar-refractivity contribution in [3.8, 4) is 0 Å². The van der Waals surface area contributed by atoms with Gasteiger partial charge in [0.15, 0.2) is 0 Å². The van der Waals surface area contributed by atoms with Crippen molar-refractivity contribution in [2.75, 3.05) is 39.3 Å². The number of nitrogens with zero attached hydrogens (tertiary/aromatic N) is 2. The van der Waals surface area contributed by atoms with E-state index in [1.807, 2.05) is 0 Å². The molecule has 0 bridgehead atoms. The SMILES string of the molecule is CCN(CC)CCN1CCC[C@@H]1CO. The number of likely N-dealkylation sites (tertiary alicyclic amines) is 1. The van der Waals surface area contributed by atoms with Crippen molar-refractivity contribution in [3.63, 3.8) is 0 Å². The molecule has 1 saturated heterocycles. The Morgan fingerprint density at radius 2 is 2.07 bits per heavy atom. The number of rotatable bonds is 6. The fourth-order valence-corrected chi connectivity index (χ4v) is 2.21. The van der Waals surface area contributed by atoms with Gasteiger partial charge in [-0.2, -0.15) is 0 Å². The quantitative estimate of drug-likeness (QED) is 0.686. The molecule has 1 N–H and O–H groups in total. The Hall–Kier alpha value is -0.120. The van der Waals surface area contributed by atoms with Crippen molar-refractivity contribution < 1.29 is 5.11 Å². The molecule has 14 heavy (non-hydrogen) atoms. The van der Waals surface area contributed by atoms with Crippen LogP contribution in [0.4, 0.5) is 0 Å². The summed E-state index contributed by atoms with van der Waals surface area (Å²) in [5, 5.41) is 9.16. The molecule has 1 atom stereocenters. The topological polar surface area (TPSA) is 26.7 Å². The molecule has 1 fully saturated rings. The van der Waals surface area contributed by atoms with Crippen LogP contribution in [-0.2, 0) is 0 Å². The molecule has 1 aliphatic rings. The Labute approximate surface area is 87.7 Å². The summed E-state index contributed by atoms with van der Waals surface area (Å²) < 4.78 is 0. The van der Waals surface area contributed by atoms with Gasteiger partial charge in [0.2, 0.25) is 0 Å². The Bertz CT molecular complexity index is 148. The first-order valence-corrected chi connectivity index (χ1v) is 5.89. The molecule has 0 spiro atoms. The van der Waals surface area contributed by atoms with E-state index in [0.717, 1.165) is 26.2 Å². The fraction of sp³-hybridized carbons (Fsp3) is 1.00. The summed E-state index contributed by atoms with van der Waals surface area (Å²) in [5.41, 5.74) is 0. The van der Waals surface area contributed by atoms with Crippen molar-refractivity contribution in [2.24, 2.45) is 0 Å². The predicted molar refractivity (Wildman–Crippen MR) is 59.5 cm³/mol. The molecular weight excluding hydrogens is 176 g/mol. The maximum atomic E-state index is 9.16. The Morgan fingerprint density at radius 1 is 1.36 bits per heavy atom. The van der Waals surface area contributed by atoms with E-state index in [4.69, 9.17) is 5.11 Å². The summed E-state index contributed by atoms with van der Waals surface area (Å²) in [4.78, 5) is 4.87. The van der Waals surface area contributed by atoms with Gasteiger partial charge in [-0.05, 0) is 32.5 Å². The van der Waals surface area contributed by atoms with E-state index in [1.54, 1.807) is 0 Å². The van der Waals surface area contributed by atoms with Gasteiger partial charge in [0.25, 0.3) is 0 Å². The summed E-state index contributed by atoms with van der Waals surface area (Å²) in [6.45, 7) is 10.4. The minimum Gasteiger partial charge on any atom is -0.395 e. The molecule has 1 rings (SSSR count). The minimum absolute atomic E-state index is 0.332. The minimum atomic E-state index is 0.332. The molecule has 3 nitrogen and oxygen atoms in total. The lowest BCUT2D eigenvalue weighted by Crippen LogP contribution is -2.39. The third-order valence-corrected chi connectivity index (χ3v) is 3.31. The third-order valence-electron chi connectivity index (χ3n) is 3.31. The van der Waals surface area contributed by atoms with E-state index >= 15 is 0 Å². The molecule has 0 saturated carbocycles. The van der Waals surface area contributed by atoms with Crippen LogP contribution in [0.3, 0.4) is 0 Å². The fourth-order valence-electron chi connectivity index (χ4n) is 2.21. The van der Waals surface area contributed by atoms with Crippen molar-refractivity contribution in [3.05, 3.63) is 0 Å². The molecule has 0 aliphatic carbocycles. The smallest absolute Gasteiger partial charge is 0.0586 e. The molecule has 0 aromatic rings. The van der Waals surface area contributed by atoms with E-state index < -0.39 is 0 Å². The van der Waals surface area contributed by atoms with Crippen molar-refractivity contribution in [1.82, 2.24) is 9.80 Å². The van der Waals surface area contributed by atoms with Gasteiger partial charge in [-0.25, -0.2) is 0 Å². The molecule has 0 aromatic carbocycles. The molecular formula is C11H24N2O. The van der Waals surface area contributed by atoms with Crippen LogP contribution in [0.5, 0.6) is 0 Å². The van der Waals surface area contributed by atoms with Gasteiger partial charge < -0.3 is 10.0 Å². The number of aliphatic hydroxyl groups excluding tert-OH is 1. The van der Waals surface area contributed by atoms with Crippen molar-refractivity contribution in [1.29, 1.82) is 0 Å². The Kier molecular flexibility index (Phi) is 5.45. The van der Waals surface area contributed by atoms with Crippen molar-refractivity contribution >= 4 is 0 Å². The van der Waals surface area contributed by atoms with Gasteiger partial charge in [0.05, 0.1) is 6.61 Å². The van der Waals surface area contributed by atoms with E-state index in [9.17, 15) is 0 Å². The molecule has 0 amide bonds. The highest BCUT2D eigenvalue weighted by molar-refractivity contribution is 4.78. The van der Waals surface area contributed by atoms with Crippen LogP contribution in [0.2, 0.25) is 0 Å². The number of hydrogen-bond acceptors (Lipinski definition) is 3. The molecule has 1 aliphatic heterocycles. The molecule has 1 heterocycles. The second-order valence-corrected chi connectivity index (χ2v) is 4.04.